The van der Waals surface area contributed by atoms with Gasteiger partial charge in [-0.2, -0.15) is 0 Å². The van der Waals surface area contributed by atoms with Gasteiger partial charge in [-0.25, -0.2) is 14.1 Å². The molecule has 6 rings (SSSR count). The van der Waals surface area contributed by atoms with Crippen LogP contribution < -0.4 is 16.4 Å². The van der Waals surface area contributed by atoms with E-state index in [0.717, 1.165) is 18.5 Å². The van der Waals surface area contributed by atoms with Crippen LogP contribution in [0.1, 0.15) is 30.7 Å². The average Bonchev–Trinajstić information content (AvgIpc) is 3.59. The monoisotopic (exact) mass is 544 g/mol. The van der Waals surface area contributed by atoms with E-state index in [9.17, 15) is 19.1 Å². The van der Waals surface area contributed by atoms with Crippen LogP contribution in [-0.2, 0) is 33.0 Å². The fourth-order valence-electron chi connectivity index (χ4n) is 5.58. The van der Waals surface area contributed by atoms with Gasteiger partial charge in [-0.05, 0) is 47.6 Å². The number of alkyl halides is 1. The molecule has 0 radical (unpaired) electrons. The van der Waals surface area contributed by atoms with Gasteiger partial charge >= 0.3 is 0 Å². The largest absolute Gasteiger partial charge is 0.392 e. The molecule has 1 aliphatic carbocycles. The molecule has 5 heterocycles. The Hall–Kier alpha value is -4.58. The normalized spacial score (nSPS) is 14.1. The number of aromatic nitrogens is 7. The Kier molecular flexibility index (Phi) is 6.14. The lowest BCUT2D eigenvalue weighted by Gasteiger charge is -2.17. The molecule has 5 aromatic heterocycles. The van der Waals surface area contributed by atoms with Crippen molar-refractivity contribution in [3.05, 3.63) is 86.7 Å². The third-order valence-electron chi connectivity index (χ3n) is 7.38. The lowest BCUT2D eigenvalue weighted by molar-refractivity contribution is 0.281. The van der Waals surface area contributed by atoms with Crippen LogP contribution in [0.15, 0.2) is 58.8 Å². The maximum absolute atomic E-state index is 13.6. The maximum atomic E-state index is 13.6. The summed E-state index contributed by atoms with van der Waals surface area (Å²) in [7, 11) is 1.61. The number of pyridine rings is 2. The highest BCUT2D eigenvalue weighted by atomic mass is 19.1. The Bertz CT molecular complexity index is 1880. The van der Waals surface area contributed by atoms with Gasteiger partial charge < -0.3 is 19.4 Å². The van der Waals surface area contributed by atoms with Gasteiger partial charge in [0.1, 0.15) is 23.7 Å². The van der Waals surface area contributed by atoms with E-state index in [-0.39, 0.29) is 35.4 Å². The van der Waals surface area contributed by atoms with Crippen LogP contribution in [0, 0.1) is 5.41 Å². The van der Waals surface area contributed by atoms with Crippen molar-refractivity contribution in [2.24, 2.45) is 12.5 Å². The Morgan fingerprint density at radius 3 is 2.73 bits per heavy atom. The van der Waals surface area contributed by atoms with Crippen molar-refractivity contribution in [2.75, 3.05) is 12.0 Å². The van der Waals surface area contributed by atoms with Crippen molar-refractivity contribution in [2.45, 2.75) is 39.8 Å². The first kappa shape index (κ1) is 25.7. The molecule has 0 unspecified atom stereocenters. The van der Waals surface area contributed by atoms with Crippen LogP contribution in [0.3, 0.4) is 0 Å². The van der Waals surface area contributed by atoms with Crippen molar-refractivity contribution >= 4 is 17.0 Å². The van der Waals surface area contributed by atoms with Gasteiger partial charge in [0, 0.05) is 48.7 Å². The molecule has 0 fully saturated rings. The molecule has 12 heteroatoms. The fraction of sp³-hybridized carbons (Fsp3) is 0.321. The van der Waals surface area contributed by atoms with Gasteiger partial charge in [0.2, 0.25) is 0 Å². The van der Waals surface area contributed by atoms with E-state index in [1.807, 2.05) is 16.7 Å². The molecule has 0 bridgehead atoms. The lowest BCUT2D eigenvalue weighted by Crippen LogP contribution is -2.23. The van der Waals surface area contributed by atoms with E-state index in [1.165, 1.54) is 25.6 Å². The van der Waals surface area contributed by atoms with E-state index in [2.05, 4.69) is 34.5 Å². The topological polar surface area (TPSA) is 124 Å². The summed E-state index contributed by atoms with van der Waals surface area (Å²) in [6, 6.07) is 5.33. The zero-order valence-corrected chi connectivity index (χ0v) is 22.4. The molecule has 0 aromatic carbocycles. The van der Waals surface area contributed by atoms with Crippen LogP contribution in [-0.4, -0.2) is 45.3 Å². The summed E-state index contributed by atoms with van der Waals surface area (Å²) in [5, 5.41) is 21.2. The zero-order chi connectivity index (χ0) is 28.2. The minimum atomic E-state index is -0.588. The van der Waals surface area contributed by atoms with Gasteiger partial charge in [0.15, 0.2) is 5.82 Å². The predicted molar refractivity (Wildman–Crippen MR) is 148 cm³/mol. The number of anilines is 2. The number of aryl methyl sites for hydroxylation is 2. The van der Waals surface area contributed by atoms with Crippen molar-refractivity contribution in [3.63, 3.8) is 0 Å². The van der Waals surface area contributed by atoms with Gasteiger partial charge in [0.05, 0.1) is 19.3 Å². The molecule has 0 amide bonds. The number of nitrogens with zero attached hydrogens (tertiary/aromatic N) is 7. The van der Waals surface area contributed by atoms with Gasteiger partial charge in [0.25, 0.3) is 11.1 Å². The first-order valence-electron chi connectivity index (χ1n) is 13.0. The van der Waals surface area contributed by atoms with E-state index in [0.29, 0.717) is 33.8 Å². The van der Waals surface area contributed by atoms with Crippen LogP contribution in [0.25, 0.3) is 22.5 Å². The summed E-state index contributed by atoms with van der Waals surface area (Å²) in [6.45, 7) is 3.53. The molecule has 2 N–H and O–H groups in total. The van der Waals surface area contributed by atoms with Gasteiger partial charge in [-0.1, -0.05) is 19.1 Å². The van der Waals surface area contributed by atoms with Crippen LogP contribution >= 0.6 is 0 Å². The van der Waals surface area contributed by atoms with Crippen LogP contribution in [0.5, 0.6) is 0 Å². The minimum absolute atomic E-state index is 0.0569. The first-order valence-corrected chi connectivity index (χ1v) is 13.0. The summed E-state index contributed by atoms with van der Waals surface area (Å²) in [5.74, 6) is 0.606. The second kappa shape index (κ2) is 9.56. The van der Waals surface area contributed by atoms with E-state index < -0.39 is 6.67 Å². The number of rotatable bonds is 7. The van der Waals surface area contributed by atoms with E-state index in [1.54, 1.807) is 37.8 Å². The number of hydrogen-bond donors (Lipinski definition) is 2. The fourth-order valence-corrected chi connectivity index (χ4v) is 5.58. The van der Waals surface area contributed by atoms with Crippen LogP contribution in [0.2, 0.25) is 0 Å². The Morgan fingerprint density at radius 1 is 1.12 bits per heavy atom. The van der Waals surface area contributed by atoms with Crippen molar-refractivity contribution in [3.8, 4) is 16.9 Å². The summed E-state index contributed by atoms with van der Waals surface area (Å²) in [6.07, 6.45) is 10.1. The molecule has 0 atom stereocenters. The second-order valence-electron chi connectivity index (χ2n) is 10.9. The molecule has 5 aromatic rings. The molecule has 0 saturated carbocycles. The summed E-state index contributed by atoms with van der Waals surface area (Å²) in [5.41, 5.74) is 4.41. The predicted octanol–water partition coefficient (Wildman–Crippen LogP) is 2.77. The summed E-state index contributed by atoms with van der Waals surface area (Å²) < 4.78 is 18.8. The van der Waals surface area contributed by atoms with E-state index >= 15 is 0 Å². The number of nitrogens with one attached hydrogen (secondary N) is 1. The molecule has 0 spiro atoms. The third-order valence-corrected chi connectivity index (χ3v) is 7.38. The highest BCUT2D eigenvalue weighted by molar-refractivity contribution is 5.73. The SMILES string of the molecule is Cn1cc(-c2ccnc(-n3ccn4c5c(cc4c3=O)CC(C)(C)C5)c2CO)cc(Nc2cn(CCF)nn2)c1=O. The molecule has 206 valence electrons. The van der Waals surface area contributed by atoms with Crippen molar-refractivity contribution in [1.82, 2.24) is 33.5 Å². The van der Waals surface area contributed by atoms with Crippen LogP contribution in [0.4, 0.5) is 15.9 Å². The Morgan fingerprint density at radius 2 is 1.95 bits per heavy atom. The molecule has 0 aliphatic heterocycles. The molecular weight excluding hydrogens is 515 g/mol. The number of aliphatic hydroxyl groups is 1. The number of hydrogen-bond acceptors (Lipinski definition) is 7. The molecule has 1 aliphatic rings. The average molecular weight is 545 g/mol. The molecule has 40 heavy (non-hydrogen) atoms. The zero-order valence-electron chi connectivity index (χ0n) is 22.4. The quantitative estimate of drug-likeness (QED) is 0.323. The number of fused-ring (bicyclic) bond motifs is 3. The summed E-state index contributed by atoms with van der Waals surface area (Å²) in [4.78, 5) is 31.0. The third kappa shape index (κ3) is 4.30. The smallest absolute Gasteiger partial charge is 0.280 e. The standard InChI is InChI=1S/C28H29FN8O3/c1-28(2)12-17-11-22-27(40)37(9-8-36(22)23(17)13-28)25-20(16-38)19(4-6-30-25)18-10-21(26(39)34(3)14-18)31-24-15-35(7-5-29)33-32-24/h4,6,8-11,14-15,31,38H,5,7,12-13,16H2,1-3H3. The van der Waals surface area contributed by atoms with Crippen molar-refractivity contribution < 1.29 is 9.50 Å². The second-order valence-corrected chi connectivity index (χ2v) is 10.9. The Labute approximate surface area is 228 Å². The van der Waals surface area contributed by atoms with E-state index in [4.69, 9.17) is 0 Å². The van der Waals surface area contributed by atoms with Gasteiger partial charge in [-0.15, -0.1) is 5.10 Å². The maximum Gasteiger partial charge on any atom is 0.280 e. The molecule has 11 nitrogen and oxygen atoms in total. The first-order chi connectivity index (χ1) is 19.2. The Balaban J connectivity index is 1.43. The summed E-state index contributed by atoms with van der Waals surface area (Å²) >= 11 is 0. The van der Waals surface area contributed by atoms with Crippen molar-refractivity contribution in [1.29, 1.82) is 0 Å². The lowest BCUT2D eigenvalue weighted by atomic mass is 9.90. The molecule has 0 saturated heterocycles. The minimum Gasteiger partial charge on any atom is -0.392 e. The van der Waals surface area contributed by atoms with Gasteiger partial charge in [-0.3, -0.25) is 14.2 Å². The highest BCUT2D eigenvalue weighted by Crippen LogP contribution is 2.37. The number of aliphatic hydroxyl groups excluding tert-OH is 1. The number of halogens is 1. The molecular formula is C28H29FN8O3. The highest BCUT2D eigenvalue weighted by Gasteiger charge is 2.31.